The van der Waals surface area contributed by atoms with Gasteiger partial charge in [0.1, 0.15) is 0 Å². The Labute approximate surface area is 172 Å². The second-order valence-corrected chi connectivity index (χ2v) is 12.2. The number of hydrogen-bond donors (Lipinski definition) is 0. The van der Waals surface area contributed by atoms with Crippen molar-refractivity contribution in [2.75, 3.05) is 17.3 Å². The molecule has 3 heterocycles. The number of amides is 1. The van der Waals surface area contributed by atoms with Gasteiger partial charge in [0.2, 0.25) is 15.0 Å². The van der Waals surface area contributed by atoms with E-state index in [1.54, 1.807) is 0 Å². The number of aromatic nitrogens is 2. The largest absolute Gasteiger partial charge is 0.328 e. The Bertz CT molecular complexity index is 1080. The lowest BCUT2D eigenvalue weighted by Crippen LogP contribution is -2.41. The molecule has 2 aromatic heterocycles. The predicted octanol–water partition coefficient (Wildman–Crippen LogP) is 1.81. The summed E-state index contributed by atoms with van der Waals surface area (Å²) in [5, 5.41) is 1.29. The Morgan fingerprint density at radius 1 is 1.43 bits per heavy atom. The van der Waals surface area contributed by atoms with Gasteiger partial charge in [0.05, 0.1) is 35.0 Å². The fourth-order valence-electron chi connectivity index (χ4n) is 2.87. The van der Waals surface area contributed by atoms with Crippen molar-refractivity contribution in [3.8, 4) is 0 Å². The maximum Gasteiger partial charge on any atom is 0.274 e. The van der Waals surface area contributed by atoms with E-state index in [0.717, 1.165) is 11.1 Å². The van der Waals surface area contributed by atoms with Crippen LogP contribution < -0.4 is 0 Å². The summed E-state index contributed by atoms with van der Waals surface area (Å²) >= 11 is 7.52. The smallest absolute Gasteiger partial charge is 0.274 e. The first-order valence-electron chi connectivity index (χ1n) is 8.42. The first-order chi connectivity index (χ1) is 13.1. The van der Waals surface area contributed by atoms with Gasteiger partial charge in [0.15, 0.2) is 15.5 Å². The SMILES string of the molecule is CCS(=O)(=O)c1ncc(Cl)c(C(=O)N(Cc2cccs2)[C@@H]2CCS(=O)(=O)C2)n1. The topological polar surface area (TPSA) is 114 Å². The van der Waals surface area contributed by atoms with Gasteiger partial charge < -0.3 is 4.90 Å². The summed E-state index contributed by atoms with van der Waals surface area (Å²) in [5.74, 6) is -0.983. The van der Waals surface area contributed by atoms with E-state index in [9.17, 15) is 21.6 Å². The molecule has 0 unspecified atom stereocenters. The number of carbonyl (C=O) groups excluding carboxylic acids is 1. The molecule has 0 saturated carbocycles. The Morgan fingerprint density at radius 3 is 2.75 bits per heavy atom. The normalized spacial score (nSPS) is 18.9. The average molecular weight is 464 g/mol. The molecule has 3 rings (SSSR count). The number of rotatable bonds is 6. The second-order valence-electron chi connectivity index (χ2n) is 6.32. The minimum atomic E-state index is -3.73. The minimum Gasteiger partial charge on any atom is -0.328 e. The van der Waals surface area contributed by atoms with Crippen molar-refractivity contribution < 1.29 is 21.6 Å². The molecule has 2 aromatic rings. The molecule has 0 radical (unpaired) electrons. The Hall–Kier alpha value is -1.56. The molecule has 8 nitrogen and oxygen atoms in total. The molecule has 0 spiro atoms. The van der Waals surface area contributed by atoms with E-state index in [0.29, 0.717) is 6.42 Å². The van der Waals surface area contributed by atoms with E-state index in [1.165, 1.54) is 23.2 Å². The maximum absolute atomic E-state index is 13.2. The minimum absolute atomic E-state index is 0.00113. The molecule has 0 N–H and O–H groups in total. The third kappa shape index (κ3) is 4.53. The van der Waals surface area contributed by atoms with E-state index >= 15 is 0 Å². The molecule has 0 aromatic carbocycles. The van der Waals surface area contributed by atoms with Crippen molar-refractivity contribution in [3.63, 3.8) is 0 Å². The zero-order chi connectivity index (χ0) is 20.5. The highest BCUT2D eigenvalue weighted by molar-refractivity contribution is 7.91. The number of thiophene rings is 1. The maximum atomic E-state index is 13.2. The summed E-state index contributed by atoms with van der Waals surface area (Å²) < 4.78 is 48.0. The third-order valence-electron chi connectivity index (χ3n) is 4.40. The van der Waals surface area contributed by atoms with Crippen LogP contribution in [0, 0.1) is 0 Å². The Morgan fingerprint density at radius 2 is 2.18 bits per heavy atom. The molecular weight excluding hydrogens is 446 g/mol. The van der Waals surface area contributed by atoms with E-state index < -0.39 is 36.8 Å². The highest BCUT2D eigenvalue weighted by atomic mass is 35.5. The van der Waals surface area contributed by atoms with Crippen LogP contribution in [0.4, 0.5) is 0 Å². The van der Waals surface area contributed by atoms with Crippen molar-refractivity contribution >= 4 is 48.5 Å². The zero-order valence-corrected chi connectivity index (χ0v) is 18.1. The molecule has 1 amide bonds. The van der Waals surface area contributed by atoms with Gasteiger partial charge in [-0.25, -0.2) is 26.8 Å². The summed E-state index contributed by atoms with van der Waals surface area (Å²) in [7, 11) is -6.96. The van der Waals surface area contributed by atoms with Crippen molar-refractivity contribution in [2.45, 2.75) is 31.1 Å². The molecule has 1 fully saturated rings. The van der Waals surface area contributed by atoms with Crippen molar-refractivity contribution in [3.05, 3.63) is 39.3 Å². The Kier molecular flexibility index (Phi) is 6.08. The first-order valence-corrected chi connectivity index (χ1v) is 13.1. The average Bonchev–Trinajstić information content (AvgIpc) is 3.28. The van der Waals surface area contributed by atoms with Crippen LogP contribution in [0.15, 0.2) is 28.9 Å². The van der Waals surface area contributed by atoms with Crippen LogP contribution in [0.1, 0.15) is 28.7 Å². The van der Waals surface area contributed by atoms with Gasteiger partial charge in [0.25, 0.3) is 5.91 Å². The molecule has 12 heteroatoms. The van der Waals surface area contributed by atoms with Crippen LogP contribution >= 0.6 is 22.9 Å². The summed E-state index contributed by atoms with van der Waals surface area (Å²) in [6, 6.07) is 3.14. The first kappa shape index (κ1) is 21.2. The van der Waals surface area contributed by atoms with Gasteiger partial charge in [-0.3, -0.25) is 4.79 Å². The molecule has 0 aliphatic carbocycles. The molecular formula is C16H18ClN3O5S3. The molecule has 1 aliphatic heterocycles. The predicted molar refractivity (Wildman–Crippen MR) is 106 cm³/mol. The quantitative estimate of drug-likeness (QED) is 0.600. The summed E-state index contributed by atoms with van der Waals surface area (Å²) in [4.78, 5) is 23.1. The van der Waals surface area contributed by atoms with Gasteiger partial charge >= 0.3 is 0 Å². The molecule has 28 heavy (non-hydrogen) atoms. The van der Waals surface area contributed by atoms with Crippen LogP contribution in [0.25, 0.3) is 0 Å². The second kappa shape index (κ2) is 8.05. The van der Waals surface area contributed by atoms with Gasteiger partial charge in [-0.05, 0) is 17.9 Å². The summed E-state index contributed by atoms with van der Waals surface area (Å²) in [5.41, 5.74) is -0.246. The van der Waals surface area contributed by atoms with Crippen LogP contribution in [0.3, 0.4) is 0 Å². The fraction of sp³-hybridized carbons (Fsp3) is 0.438. The highest BCUT2D eigenvalue weighted by Gasteiger charge is 2.36. The lowest BCUT2D eigenvalue weighted by atomic mass is 10.2. The molecule has 1 saturated heterocycles. The van der Waals surface area contributed by atoms with Gasteiger partial charge in [-0.2, -0.15) is 0 Å². The van der Waals surface area contributed by atoms with E-state index in [4.69, 9.17) is 11.6 Å². The van der Waals surface area contributed by atoms with E-state index in [2.05, 4.69) is 9.97 Å². The van der Waals surface area contributed by atoms with Crippen LogP contribution in [0.2, 0.25) is 5.02 Å². The van der Waals surface area contributed by atoms with E-state index in [1.807, 2.05) is 17.5 Å². The van der Waals surface area contributed by atoms with Crippen molar-refractivity contribution in [2.24, 2.45) is 0 Å². The molecule has 1 aliphatic rings. The molecule has 0 bridgehead atoms. The number of carbonyl (C=O) groups is 1. The lowest BCUT2D eigenvalue weighted by Gasteiger charge is -2.28. The number of sulfone groups is 2. The van der Waals surface area contributed by atoms with Gasteiger partial charge in [0, 0.05) is 10.9 Å². The van der Waals surface area contributed by atoms with Crippen molar-refractivity contribution in [1.29, 1.82) is 0 Å². The van der Waals surface area contributed by atoms with Crippen molar-refractivity contribution in [1.82, 2.24) is 14.9 Å². The van der Waals surface area contributed by atoms with Gasteiger partial charge in [-0.1, -0.05) is 24.6 Å². The zero-order valence-electron chi connectivity index (χ0n) is 14.9. The Balaban J connectivity index is 2.00. The standard InChI is InChI=1S/C16H18ClN3O5S3/c1-2-28(24,25)16-18-8-13(17)14(19-16)15(21)20(9-12-4-3-6-26-12)11-5-7-27(22,23)10-11/h3-4,6,8,11H,2,5,7,9-10H2,1H3/t11-/m1/s1. The monoisotopic (exact) mass is 463 g/mol. The fourth-order valence-corrected chi connectivity index (χ4v) is 6.18. The van der Waals surface area contributed by atoms with Gasteiger partial charge in [-0.15, -0.1) is 11.3 Å². The highest BCUT2D eigenvalue weighted by Crippen LogP contribution is 2.25. The molecule has 152 valence electrons. The third-order valence-corrected chi connectivity index (χ3v) is 8.80. The van der Waals surface area contributed by atoms with Crippen LogP contribution in [-0.2, 0) is 26.2 Å². The van der Waals surface area contributed by atoms with E-state index in [-0.39, 0.29) is 34.5 Å². The molecule has 1 atom stereocenters. The van der Waals surface area contributed by atoms with Crippen LogP contribution in [-0.4, -0.2) is 60.9 Å². The lowest BCUT2D eigenvalue weighted by molar-refractivity contribution is 0.0676. The number of halogens is 1. The summed E-state index contributed by atoms with van der Waals surface area (Å²) in [6.07, 6.45) is 1.39. The summed E-state index contributed by atoms with van der Waals surface area (Å²) in [6.45, 7) is 1.63. The number of hydrogen-bond acceptors (Lipinski definition) is 8. The number of nitrogens with zero attached hydrogens (tertiary/aromatic N) is 3. The van der Waals surface area contributed by atoms with Crippen LogP contribution in [0.5, 0.6) is 0 Å².